The van der Waals surface area contributed by atoms with Crippen LogP contribution in [0.25, 0.3) is 0 Å². The van der Waals surface area contributed by atoms with Crippen molar-refractivity contribution >= 4 is 21.6 Å². The van der Waals surface area contributed by atoms with E-state index in [-0.39, 0.29) is 21.7 Å². The van der Waals surface area contributed by atoms with Crippen molar-refractivity contribution < 1.29 is 13.2 Å². The van der Waals surface area contributed by atoms with E-state index in [0.29, 0.717) is 6.54 Å². The molecule has 0 atom stereocenters. The van der Waals surface area contributed by atoms with Gasteiger partial charge in [-0.3, -0.25) is 14.5 Å². The number of hydrogen-bond acceptors (Lipinski definition) is 5. The summed E-state index contributed by atoms with van der Waals surface area (Å²) >= 11 is 0. The summed E-state index contributed by atoms with van der Waals surface area (Å²) in [5.74, 6) is -0.446. The second-order valence-electron chi connectivity index (χ2n) is 5.29. The molecule has 2 aromatic rings. The van der Waals surface area contributed by atoms with Crippen molar-refractivity contribution in [1.29, 1.82) is 5.26 Å². The van der Waals surface area contributed by atoms with E-state index in [1.807, 2.05) is 13.0 Å². The van der Waals surface area contributed by atoms with Crippen LogP contribution in [0.5, 0.6) is 0 Å². The third-order valence-electron chi connectivity index (χ3n) is 3.36. The van der Waals surface area contributed by atoms with Crippen molar-refractivity contribution in [2.24, 2.45) is 0 Å². The predicted octanol–water partition coefficient (Wildman–Crippen LogP) is 2.28. The van der Waals surface area contributed by atoms with E-state index >= 15 is 0 Å². The number of amides is 1. The Bertz CT molecular complexity index is 904. The maximum absolute atomic E-state index is 12.7. The highest BCUT2D eigenvalue weighted by Crippen LogP contribution is 2.20. The first kappa shape index (κ1) is 18.4. The Balaban J connectivity index is 2.30. The third kappa shape index (κ3) is 4.78. The smallest absolute Gasteiger partial charge is 0.262 e. The number of rotatable bonds is 7. The summed E-state index contributed by atoms with van der Waals surface area (Å²) in [5, 5.41) is 11.6. The van der Waals surface area contributed by atoms with Gasteiger partial charge in [0.15, 0.2) is 0 Å². The fourth-order valence-electron chi connectivity index (χ4n) is 2.13. The third-order valence-corrected chi connectivity index (χ3v) is 4.80. The van der Waals surface area contributed by atoms with Crippen LogP contribution in [0.1, 0.15) is 35.7 Å². The average Bonchev–Trinajstić information content (AvgIpc) is 2.61. The Morgan fingerprint density at radius 2 is 2.04 bits per heavy atom. The molecule has 7 nitrogen and oxygen atoms in total. The number of sulfonamides is 1. The first-order chi connectivity index (χ1) is 12.0. The Morgan fingerprint density at radius 1 is 1.28 bits per heavy atom. The lowest BCUT2D eigenvalue weighted by Gasteiger charge is -2.12. The standard InChI is InChI=1S/C17H18N4O3S/c1-2-3-8-20-17(22)15-6-4-5-7-16(15)25(23,24)21-14-9-13(10-18)11-19-12-14/h4-7,9,11-12,21H,2-3,8H2,1H3,(H,20,22). The van der Waals surface area contributed by atoms with Gasteiger partial charge in [-0.25, -0.2) is 8.42 Å². The van der Waals surface area contributed by atoms with Gasteiger partial charge in [-0.1, -0.05) is 25.5 Å². The van der Waals surface area contributed by atoms with Crippen LogP contribution >= 0.6 is 0 Å². The molecule has 0 aliphatic rings. The van der Waals surface area contributed by atoms with E-state index < -0.39 is 15.9 Å². The molecule has 130 valence electrons. The SMILES string of the molecule is CCCCNC(=O)c1ccccc1S(=O)(=O)Nc1cncc(C#N)c1. The highest BCUT2D eigenvalue weighted by molar-refractivity contribution is 7.92. The Morgan fingerprint density at radius 3 is 2.76 bits per heavy atom. The molecule has 0 bridgehead atoms. The van der Waals surface area contributed by atoms with E-state index in [1.54, 1.807) is 12.1 Å². The van der Waals surface area contributed by atoms with Crippen LogP contribution in [0.2, 0.25) is 0 Å². The lowest BCUT2D eigenvalue weighted by Crippen LogP contribution is -2.27. The average molecular weight is 358 g/mol. The van der Waals surface area contributed by atoms with Crippen LogP contribution in [-0.4, -0.2) is 25.9 Å². The summed E-state index contributed by atoms with van der Waals surface area (Å²) in [4.78, 5) is 16.0. The molecule has 0 unspecified atom stereocenters. The van der Waals surface area contributed by atoms with Crippen LogP contribution < -0.4 is 10.0 Å². The van der Waals surface area contributed by atoms with Crippen molar-refractivity contribution in [3.63, 3.8) is 0 Å². The number of aromatic nitrogens is 1. The van der Waals surface area contributed by atoms with Crippen molar-refractivity contribution in [1.82, 2.24) is 10.3 Å². The number of nitrogens with zero attached hydrogens (tertiary/aromatic N) is 2. The van der Waals surface area contributed by atoms with Gasteiger partial charge in [-0.15, -0.1) is 0 Å². The van der Waals surface area contributed by atoms with Crippen LogP contribution in [0.4, 0.5) is 5.69 Å². The number of carbonyl (C=O) groups excluding carboxylic acids is 1. The number of benzene rings is 1. The Labute approximate surface area is 146 Å². The van der Waals surface area contributed by atoms with Gasteiger partial charge in [0.1, 0.15) is 11.0 Å². The molecule has 0 spiro atoms. The van der Waals surface area contributed by atoms with Crippen LogP contribution in [0, 0.1) is 11.3 Å². The summed E-state index contributed by atoms with van der Waals surface area (Å²) in [6, 6.07) is 9.22. The van der Waals surface area contributed by atoms with Crippen LogP contribution in [-0.2, 0) is 10.0 Å². The molecule has 1 aromatic heterocycles. The minimum atomic E-state index is -4.00. The number of unbranched alkanes of at least 4 members (excludes halogenated alkanes) is 1. The molecule has 0 aliphatic carbocycles. The van der Waals surface area contributed by atoms with Gasteiger partial charge >= 0.3 is 0 Å². The largest absolute Gasteiger partial charge is 0.352 e. The Hall–Kier alpha value is -2.92. The summed E-state index contributed by atoms with van der Waals surface area (Å²) in [7, 11) is -4.00. The van der Waals surface area contributed by atoms with Gasteiger partial charge in [0.2, 0.25) is 0 Å². The summed E-state index contributed by atoms with van der Waals surface area (Å²) in [6.07, 6.45) is 4.35. The molecule has 1 heterocycles. The molecule has 0 saturated heterocycles. The molecule has 0 saturated carbocycles. The van der Waals surface area contributed by atoms with E-state index in [0.717, 1.165) is 12.8 Å². The highest BCUT2D eigenvalue weighted by Gasteiger charge is 2.22. The zero-order chi connectivity index (χ0) is 18.3. The molecule has 1 aromatic carbocycles. The molecule has 0 fully saturated rings. The second-order valence-corrected chi connectivity index (χ2v) is 6.94. The first-order valence-electron chi connectivity index (χ1n) is 7.73. The quantitative estimate of drug-likeness (QED) is 0.738. The van der Waals surface area contributed by atoms with Crippen LogP contribution in [0.3, 0.4) is 0 Å². The molecule has 2 N–H and O–H groups in total. The van der Waals surface area contributed by atoms with Gasteiger partial charge < -0.3 is 5.32 Å². The van der Waals surface area contributed by atoms with E-state index in [1.165, 1.54) is 30.6 Å². The second kappa shape index (κ2) is 8.26. The van der Waals surface area contributed by atoms with Gasteiger partial charge in [-0.05, 0) is 24.6 Å². The van der Waals surface area contributed by atoms with E-state index in [4.69, 9.17) is 5.26 Å². The van der Waals surface area contributed by atoms with Crippen molar-refractivity contribution in [3.8, 4) is 6.07 Å². The molecule has 0 aliphatic heterocycles. The van der Waals surface area contributed by atoms with E-state index in [2.05, 4.69) is 15.0 Å². The number of hydrogen-bond donors (Lipinski definition) is 2. The summed E-state index contributed by atoms with van der Waals surface area (Å²) < 4.78 is 27.7. The number of nitriles is 1. The Kier molecular flexibility index (Phi) is 6.08. The number of carbonyl (C=O) groups is 1. The lowest BCUT2D eigenvalue weighted by atomic mass is 10.2. The maximum Gasteiger partial charge on any atom is 0.262 e. The molecular formula is C17H18N4O3S. The molecule has 2 rings (SSSR count). The minimum Gasteiger partial charge on any atom is -0.352 e. The fraction of sp³-hybridized carbons (Fsp3) is 0.235. The molecular weight excluding hydrogens is 340 g/mol. The monoisotopic (exact) mass is 358 g/mol. The van der Waals surface area contributed by atoms with E-state index in [9.17, 15) is 13.2 Å². The molecule has 25 heavy (non-hydrogen) atoms. The first-order valence-corrected chi connectivity index (χ1v) is 9.21. The van der Waals surface area contributed by atoms with Crippen molar-refractivity contribution in [3.05, 3.63) is 53.9 Å². The molecule has 1 amide bonds. The summed E-state index contributed by atoms with van der Waals surface area (Å²) in [5.41, 5.74) is 0.446. The zero-order valence-corrected chi connectivity index (χ0v) is 14.5. The predicted molar refractivity (Wildman–Crippen MR) is 93.4 cm³/mol. The number of pyridine rings is 1. The lowest BCUT2D eigenvalue weighted by molar-refractivity contribution is 0.0950. The van der Waals surface area contributed by atoms with Crippen molar-refractivity contribution in [2.45, 2.75) is 24.7 Å². The summed E-state index contributed by atoms with van der Waals surface area (Å²) in [6.45, 7) is 2.48. The zero-order valence-electron chi connectivity index (χ0n) is 13.7. The fourth-order valence-corrected chi connectivity index (χ4v) is 3.37. The topological polar surface area (TPSA) is 112 Å². The van der Waals surface area contributed by atoms with Gasteiger partial charge in [0.25, 0.3) is 15.9 Å². The van der Waals surface area contributed by atoms with Gasteiger partial charge in [0.05, 0.1) is 23.0 Å². The van der Waals surface area contributed by atoms with Crippen LogP contribution in [0.15, 0.2) is 47.6 Å². The number of nitrogens with one attached hydrogen (secondary N) is 2. The van der Waals surface area contributed by atoms with Crippen molar-refractivity contribution in [2.75, 3.05) is 11.3 Å². The minimum absolute atomic E-state index is 0.0653. The maximum atomic E-state index is 12.7. The molecule has 8 heteroatoms. The normalized spacial score (nSPS) is 10.7. The highest BCUT2D eigenvalue weighted by atomic mass is 32.2. The van der Waals surface area contributed by atoms with Gasteiger partial charge in [-0.2, -0.15) is 5.26 Å². The van der Waals surface area contributed by atoms with Gasteiger partial charge in [0, 0.05) is 12.7 Å². The molecule has 0 radical (unpaired) electrons. The number of anilines is 1.